The zero-order valence-electron chi connectivity index (χ0n) is 27.0. The smallest absolute Gasteiger partial charge is 0.264 e. The molecule has 4 aromatic carbocycles. The van der Waals surface area contributed by atoms with Crippen LogP contribution in [0.1, 0.15) is 57.2 Å². The summed E-state index contributed by atoms with van der Waals surface area (Å²) in [6.45, 7) is 8.72. The van der Waals surface area contributed by atoms with Gasteiger partial charge in [-0.05, 0) is 68.1 Å². The van der Waals surface area contributed by atoms with Crippen LogP contribution in [-0.4, -0.2) is 43.3 Å². The van der Waals surface area contributed by atoms with Gasteiger partial charge < -0.3 is 10.2 Å². The van der Waals surface area contributed by atoms with Gasteiger partial charge in [0.2, 0.25) is 11.8 Å². The van der Waals surface area contributed by atoms with E-state index in [9.17, 15) is 18.0 Å². The Morgan fingerprint density at radius 3 is 1.93 bits per heavy atom. The lowest BCUT2D eigenvalue weighted by Crippen LogP contribution is -2.56. The largest absolute Gasteiger partial charge is 0.350 e. The van der Waals surface area contributed by atoms with Crippen molar-refractivity contribution in [3.8, 4) is 0 Å². The molecule has 0 aliphatic rings. The molecule has 4 rings (SSSR count). The van der Waals surface area contributed by atoms with Crippen molar-refractivity contribution in [1.29, 1.82) is 0 Å². The van der Waals surface area contributed by atoms with Crippen molar-refractivity contribution in [2.45, 2.75) is 70.0 Å². The zero-order chi connectivity index (χ0) is 33.5. The first kappa shape index (κ1) is 34.4. The molecular weight excluding hydrogens is 601 g/mol. The molecule has 0 bridgehead atoms. The fraction of sp³-hybridized carbons (Fsp3) is 0.297. The summed E-state index contributed by atoms with van der Waals surface area (Å²) in [6, 6.07) is 29.1. The summed E-state index contributed by atoms with van der Waals surface area (Å²) in [5.41, 5.74) is 1.68. The van der Waals surface area contributed by atoms with E-state index in [1.165, 1.54) is 23.1 Å². The van der Waals surface area contributed by atoms with Gasteiger partial charge in [0.25, 0.3) is 10.0 Å². The second kappa shape index (κ2) is 14.7. The van der Waals surface area contributed by atoms with E-state index in [1.54, 1.807) is 48.5 Å². The van der Waals surface area contributed by atoms with Crippen molar-refractivity contribution in [2.75, 3.05) is 10.8 Å². The Hall–Kier alpha value is -4.50. The lowest BCUT2D eigenvalue weighted by molar-refractivity contribution is -0.140. The van der Waals surface area contributed by atoms with E-state index < -0.39 is 45.8 Å². The van der Waals surface area contributed by atoms with E-state index in [0.717, 1.165) is 15.4 Å². The van der Waals surface area contributed by atoms with Crippen LogP contribution in [0.3, 0.4) is 0 Å². The monoisotopic (exact) mass is 643 g/mol. The second-order valence-corrected chi connectivity index (χ2v) is 14.5. The van der Waals surface area contributed by atoms with Gasteiger partial charge >= 0.3 is 0 Å². The first-order valence-corrected chi connectivity index (χ1v) is 16.8. The summed E-state index contributed by atoms with van der Waals surface area (Å²) >= 11 is 0. The van der Waals surface area contributed by atoms with Crippen LogP contribution in [0.25, 0.3) is 0 Å². The summed E-state index contributed by atoms with van der Waals surface area (Å²) in [5.74, 6) is -1.40. The number of nitrogens with one attached hydrogen (secondary N) is 1. The molecule has 46 heavy (non-hydrogen) atoms. The molecule has 0 spiro atoms. The SMILES string of the molecule is CC(C)c1ccc(N(CC(=O)N(Cc2ccccc2F)[C@H](Cc2ccccc2)C(=O)NC(C)(C)C)S(=O)(=O)c2ccccc2)cc1. The van der Waals surface area contributed by atoms with Crippen LogP contribution in [0.15, 0.2) is 114 Å². The number of carbonyl (C=O) groups excluding carboxylic acids is 2. The summed E-state index contributed by atoms with van der Waals surface area (Å²) in [4.78, 5) is 29.8. The average Bonchev–Trinajstić information content (AvgIpc) is 3.02. The minimum absolute atomic E-state index is 0.0164. The molecular formula is C37H42FN3O4S. The quantitative estimate of drug-likeness (QED) is 0.186. The van der Waals surface area contributed by atoms with Gasteiger partial charge in [-0.1, -0.05) is 92.7 Å². The van der Waals surface area contributed by atoms with E-state index in [4.69, 9.17) is 0 Å². The third-order valence-corrected chi connectivity index (χ3v) is 9.31. The van der Waals surface area contributed by atoms with Gasteiger partial charge in [0, 0.05) is 24.1 Å². The van der Waals surface area contributed by atoms with Gasteiger partial charge in [-0.2, -0.15) is 0 Å². The zero-order valence-corrected chi connectivity index (χ0v) is 27.8. The molecule has 4 aromatic rings. The normalized spacial score (nSPS) is 12.4. The maximum absolute atomic E-state index is 15.1. The highest BCUT2D eigenvalue weighted by atomic mass is 32.2. The number of benzene rings is 4. The van der Waals surface area contributed by atoms with E-state index in [0.29, 0.717) is 5.69 Å². The highest BCUT2D eigenvalue weighted by molar-refractivity contribution is 7.92. The molecule has 0 aromatic heterocycles. The van der Waals surface area contributed by atoms with Gasteiger partial charge in [-0.15, -0.1) is 0 Å². The maximum atomic E-state index is 15.1. The molecule has 7 nitrogen and oxygen atoms in total. The first-order chi connectivity index (χ1) is 21.8. The number of sulfonamides is 1. The van der Waals surface area contributed by atoms with E-state index >= 15 is 4.39 Å². The molecule has 9 heteroatoms. The van der Waals surface area contributed by atoms with E-state index in [2.05, 4.69) is 5.32 Å². The molecule has 2 amide bonds. The summed E-state index contributed by atoms with van der Waals surface area (Å²) in [7, 11) is -4.22. The number of rotatable bonds is 12. The molecule has 242 valence electrons. The number of hydrogen-bond donors (Lipinski definition) is 1. The van der Waals surface area contributed by atoms with Crippen LogP contribution in [0, 0.1) is 5.82 Å². The fourth-order valence-corrected chi connectivity index (χ4v) is 6.53. The van der Waals surface area contributed by atoms with Crippen molar-refractivity contribution in [3.63, 3.8) is 0 Å². The Balaban J connectivity index is 1.83. The van der Waals surface area contributed by atoms with Crippen LogP contribution >= 0.6 is 0 Å². The maximum Gasteiger partial charge on any atom is 0.264 e. The third-order valence-electron chi connectivity index (χ3n) is 7.53. The first-order valence-electron chi connectivity index (χ1n) is 15.3. The van der Waals surface area contributed by atoms with Crippen molar-refractivity contribution in [2.24, 2.45) is 0 Å². The van der Waals surface area contributed by atoms with Gasteiger partial charge in [0.05, 0.1) is 10.6 Å². The number of halogens is 1. The van der Waals surface area contributed by atoms with Crippen LogP contribution < -0.4 is 9.62 Å². The van der Waals surface area contributed by atoms with Crippen LogP contribution in [0.2, 0.25) is 0 Å². The van der Waals surface area contributed by atoms with Crippen LogP contribution in [0.5, 0.6) is 0 Å². The minimum Gasteiger partial charge on any atom is -0.350 e. The Kier molecular flexibility index (Phi) is 11.0. The lowest BCUT2D eigenvalue weighted by Gasteiger charge is -2.35. The Labute approximate surface area is 272 Å². The molecule has 1 atom stereocenters. The molecule has 0 unspecified atom stereocenters. The number of hydrogen-bond acceptors (Lipinski definition) is 4. The number of carbonyl (C=O) groups is 2. The molecule has 0 heterocycles. The predicted molar refractivity (Wildman–Crippen MR) is 180 cm³/mol. The summed E-state index contributed by atoms with van der Waals surface area (Å²) in [5, 5.41) is 2.97. The second-order valence-electron chi connectivity index (χ2n) is 12.6. The average molecular weight is 644 g/mol. The highest BCUT2D eigenvalue weighted by Gasteiger charge is 2.36. The lowest BCUT2D eigenvalue weighted by atomic mass is 10.0. The highest BCUT2D eigenvalue weighted by Crippen LogP contribution is 2.27. The van der Waals surface area contributed by atoms with E-state index in [-0.39, 0.29) is 29.3 Å². The topological polar surface area (TPSA) is 86.8 Å². The van der Waals surface area contributed by atoms with E-state index in [1.807, 2.05) is 77.1 Å². The Bertz CT molecular complexity index is 1720. The summed E-state index contributed by atoms with van der Waals surface area (Å²) < 4.78 is 44.4. The minimum atomic E-state index is -4.22. The van der Waals surface area contributed by atoms with Gasteiger partial charge in [-0.25, -0.2) is 12.8 Å². The van der Waals surface area contributed by atoms with Gasteiger partial charge in [0.1, 0.15) is 18.4 Å². The van der Waals surface area contributed by atoms with Crippen molar-refractivity contribution in [1.82, 2.24) is 10.2 Å². The molecule has 0 fully saturated rings. The van der Waals surface area contributed by atoms with Crippen molar-refractivity contribution >= 4 is 27.5 Å². The Morgan fingerprint density at radius 2 is 1.37 bits per heavy atom. The summed E-state index contributed by atoms with van der Waals surface area (Å²) in [6.07, 6.45) is 0.136. The molecule has 0 saturated heterocycles. The fourth-order valence-electron chi connectivity index (χ4n) is 5.09. The molecule has 0 aliphatic carbocycles. The number of amides is 2. The number of nitrogens with zero attached hydrogens (tertiary/aromatic N) is 2. The van der Waals surface area contributed by atoms with Crippen molar-refractivity contribution < 1.29 is 22.4 Å². The standard InChI is InChI=1S/C37H42FN3O4S/c1-27(2)29-20-22-31(23-21-29)41(46(44,45)32-17-10-7-11-18-32)26-35(42)40(25-30-16-12-13-19-33(30)38)34(36(43)39-37(3,4)5)24-28-14-8-6-9-15-28/h6-23,27,34H,24-26H2,1-5H3,(H,39,43)/t34-/m1/s1. The molecule has 0 aliphatic heterocycles. The molecule has 0 saturated carbocycles. The van der Waals surface area contributed by atoms with Crippen LogP contribution in [0.4, 0.5) is 10.1 Å². The Morgan fingerprint density at radius 1 is 0.804 bits per heavy atom. The molecule has 1 N–H and O–H groups in total. The van der Waals surface area contributed by atoms with Crippen LogP contribution in [-0.2, 0) is 32.6 Å². The van der Waals surface area contributed by atoms with Gasteiger partial charge in [0.15, 0.2) is 0 Å². The molecule has 0 radical (unpaired) electrons. The third kappa shape index (κ3) is 8.81. The van der Waals surface area contributed by atoms with Gasteiger partial charge in [-0.3, -0.25) is 13.9 Å². The van der Waals surface area contributed by atoms with Crippen molar-refractivity contribution in [3.05, 3.63) is 132 Å². The number of anilines is 1. The predicted octanol–water partition coefficient (Wildman–Crippen LogP) is 6.70.